The third-order valence-electron chi connectivity index (χ3n) is 1.85. The Morgan fingerprint density at radius 1 is 1.31 bits per heavy atom. The molecule has 0 heterocycles. The van der Waals surface area contributed by atoms with Crippen LogP contribution in [-0.2, 0) is 9.59 Å². The van der Waals surface area contributed by atoms with Crippen LogP contribution in [0.15, 0.2) is 0 Å². The smallest absolute Gasteiger partial charge is 0.325 e. The van der Waals surface area contributed by atoms with Crippen molar-refractivity contribution in [2.75, 3.05) is 6.54 Å². The SMILES string of the molecule is CC(NC(=O)NCCCCC(N)=O)C(=O)O. The number of urea groups is 1. The minimum Gasteiger partial charge on any atom is -0.480 e. The van der Waals surface area contributed by atoms with Crippen LogP contribution in [-0.4, -0.2) is 35.6 Å². The third-order valence-corrected chi connectivity index (χ3v) is 1.85. The number of primary amides is 1. The van der Waals surface area contributed by atoms with E-state index >= 15 is 0 Å². The van der Waals surface area contributed by atoms with Crippen LogP contribution < -0.4 is 16.4 Å². The summed E-state index contributed by atoms with van der Waals surface area (Å²) in [6, 6.07) is -1.46. The number of hydrogen-bond donors (Lipinski definition) is 4. The van der Waals surface area contributed by atoms with Crippen molar-refractivity contribution in [3.05, 3.63) is 0 Å². The summed E-state index contributed by atoms with van der Waals surface area (Å²) >= 11 is 0. The minimum atomic E-state index is -1.09. The van der Waals surface area contributed by atoms with Crippen LogP contribution in [0, 0.1) is 0 Å². The first-order chi connectivity index (χ1) is 7.43. The van der Waals surface area contributed by atoms with Crippen LogP contribution in [0.1, 0.15) is 26.2 Å². The maximum Gasteiger partial charge on any atom is 0.325 e. The van der Waals surface area contributed by atoms with Crippen molar-refractivity contribution < 1.29 is 19.5 Å². The number of carbonyl (C=O) groups excluding carboxylic acids is 2. The van der Waals surface area contributed by atoms with Crippen molar-refractivity contribution in [2.24, 2.45) is 5.73 Å². The number of carboxylic acids is 1. The molecular formula is C9H17N3O4. The predicted octanol–water partition coefficient (Wildman–Crippen LogP) is -0.586. The molecule has 0 aliphatic carbocycles. The van der Waals surface area contributed by atoms with Crippen molar-refractivity contribution in [3.8, 4) is 0 Å². The lowest BCUT2D eigenvalue weighted by Crippen LogP contribution is -2.44. The van der Waals surface area contributed by atoms with Gasteiger partial charge in [-0.15, -0.1) is 0 Å². The molecule has 0 radical (unpaired) electrons. The van der Waals surface area contributed by atoms with Crippen LogP contribution >= 0.6 is 0 Å². The molecule has 0 spiro atoms. The molecular weight excluding hydrogens is 214 g/mol. The number of hydrogen-bond acceptors (Lipinski definition) is 3. The maximum atomic E-state index is 11.1. The number of nitrogens with one attached hydrogen (secondary N) is 2. The van der Waals surface area contributed by atoms with Crippen LogP contribution in [0.2, 0.25) is 0 Å². The van der Waals surface area contributed by atoms with E-state index in [0.717, 1.165) is 0 Å². The van der Waals surface area contributed by atoms with E-state index in [2.05, 4.69) is 10.6 Å². The molecule has 0 aromatic rings. The minimum absolute atomic E-state index is 0.287. The van der Waals surface area contributed by atoms with Crippen LogP contribution in [0.5, 0.6) is 0 Å². The predicted molar refractivity (Wildman–Crippen MR) is 56.7 cm³/mol. The molecule has 7 nitrogen and oxygen atoms in total. The fraction of sp³-hybridized carbons (Fsp3) is 0.667. The van der Waals surface area contributed by atoms with E-state index in [-0.39, 0.29) is 12.3 Å². The molecule has 0 rings (SSSR count). The Hall–Kier alpha value is -1.79. The van der Waals surface area contributed by atoms with E-state index in [1.54, 1.807) is 0 Å². The summed E-state index contributed by atoms with van der Waals surface area (Å²) in [5, 5.41) is 13.2. The molecule has 5 N–H and O–H groups in total. The lowest BCUT2D eigenvalue weighted by Gasteiger charge is -2.10. The molecule has 1 unspecified atom stereocenters. The van der Waals surface area contributed by atoms with Gasteiger partial charge in [0, 0.05) is 13.0 Å². The van der Waals surface area contributed by atoms with Gasteiger partial charge in [-0.25, -0.2) is 4.79 Å². The Morgan fingerprint density at radius 2 is 1.94 bits per heavy atom. The highest BCUT2D eigenvalue weighted by molar-refractivity contribution is 5.82. The molecule has 0 aromatic heterocycles. The molecule has 0 aliphatic rings. The van der Waals surface area contributed by atoms with Gasteiger partial charge in [0.05, 0.1) is 0 Å². The molecule has 3 amide bonds. The molecule has 0 aromatic carbocycles. The first kappa shape index (κ1) is 14.2. The quantitative estimate of drug-likeness (QED) is 0.437. The molecule has 0 bridgehead atoms. The van der Waals surface area contributed by atoms with E-state index in [4.69, 9.17) is 10.8 Å². The molecule has 16 heavy (non-hydrogen) atoms. The topological polar surface area (TPSA) is 122 Å². The summed E-state index contributed by atoms with van der Waals surface area (Å²) in [5.41, 5.74) is 4.93. The standard InChI is InChI=1S/C9H17N3O4/c1-6(8(14)15)12-9(16)11-5-3-2-4-7(10)13/h6H,2-5H2,1H3,(H2,10,13)(H,14,15)(H2,11,12,16). The van der Waals surface area contributed by atoms with Gasteiger partial charge in [-0.2, -0.15) is 0 Å². The lowest BCUT2D eigenvalue weighted by molar-refractivity contribution is -0.138. The molecule has 0 fully saturated rings. The van der Waals surface area contributed by atoms with Crippen molar-refractivity contribution in [1.82, 2.24) is 10.6 Å². The van der Waals surface area contributed by atoms with E-state index in [1.807, 2.05) is 0 Å². The zero-order chi connectivity index (χ0) is 12.6. The second kappa shape index (κ2) is 7.49. The average molecular weight is 231 g/mol. The Balaban J connectivity index is 3.51. The summed E-state index contributed by atoms with van der Waals surface area (Å²) in [6.07, 6.45) is 1.51. The van der Waals surface area contributed by atoms with E-state index < -0.39 is 18.0 Å². The van der Waals surface area contributed by atoms with Crippen molar-refractivity contribution >= 4 is 17.9 Å². The van der Waals surface area contributed by atoms with Crippen molar-refractivity contribution in [3.63, 3.8) is 0 Å². The van der Waals surface area contributed by atoms with Gasteiger partial charge in [0.2, 0.25) is 5.91 Å². The summed E-state index contributed by atoms with van der Waals surface area (Å²) in [5.74, 6) is -1.46. The Kier molecular flexibility index (Phi) is 6.66. The second-order valence-corrected chi connectivity index (χ2v) is 3.38. The zero-order valence-electron chi connectivity index (χ0n) is 9.16. The van der Waals surface area contributed by atoms with Gasteiger partial charge >= 0.3 is 12.0 Å². The number of carboxylic acid groups (broad SMARTS) is 1. The number of nitrogens with two attached hydrogens (primary N) is 1. The van der Waals surface area contributed by atoms with Crippen molar-refractivity contribution in [1.29, 1.82) is 0 Å². The Labute approximate surface area is 93.4 Å². The molecule has 0 aliphatic heterocycles. The summed E-state index contributed by atoms with van der Waals surface area (Å²) < 4.78 is 0. The Morgan fingerprint density at radius 3 is 2.44 bits per heavy atom. The zero-order valence-corrected chi connectivity index (χ0v) is 9.16. The van der Waals surface area contributed by atoms with Crippen molar-refractivity contribution in [2.45, 2.75) is 32.2 Å². The van der Waals surface area contributed by atoms with Gasteiger partial charge < -0.3 is 21.5 Å². The summed E-state index contributed by atoms with van der Waals surface area (Å²) in [6.45, 7) is 1.75. The average Bonchev–Trinajstić information content (AvgIpc) is 2.16. The van der Waals surface area contributed by atoms with Gasteiger partial charge in [-0.1, -0.05) is 0 Å². The van der Waals surface area contributed by atoms with Crippen LogP contribution in [0.3, 0.4) is 0 Å². The first-order valence-electron chi connectivity index (χ1n) is 4.99. The normalized spacial score (nSPS) is 11.6. The Bertz CT molecular complexity index is 267. The fourth-order valence-electron chi connectivity index (χ4n) is 0.936. The molecule has 1 atom stereocenters. The van der Waals surface area contributed by atoms with E-state index in [0.29, 0.717) is 19.4 Å². The fourth-order valence-corrected chi connectivity index (χ4v) is 0.936. The summed E-state index contributed by atoms with van der Waals surface area (Å²) in [4.78, 5) is 31.8. The maximum absolute atomic E-state index is 11.1. The van der Waals surface area contributed by atoms with E-state index in [9.17, 15) is 14.4 Å². The number of amides is 3. The largest absolute Gasteiger partial charge is 0.480 e. The van der Waals surface area contributed by atoms with Gasteiger partial charge in [0.15, 0.2) is 0 Å². The van der Waals surface area contributed by atoms with Gasteiger partial charge in [0.25, 0.3) is 0 Å². The highest BCUT2D eigenvalue weighted by atomic mass is 16.4. The van der Waals surface area contributed by atoms with Gasteiger partial charge in [0.1, 0.15) is 6.04 Å². The van der Waals surface area contributed by atoms with Gasteiger partial charge in [-0.3, -0.25) is 9.59 Å². The lowest BCUT2D eigenvalue weighted by atomic mass is 10.2. The number of carbonyl (C=O) groups is 3. The van der Waals surface area contributed by atoms with E-state index in [1.165, 1.54) is 6.92 Å². The monoisotopic (exact) mass is 231 g/mol. The number of aliphatic carboxylic acids is 1. The van der Waals surface area contributed by atoms with Gasteiger partial charge in [-0.05, 0) is 19.8 Å². The molecule has 7 heteroatoms. The highest BCUT2D eigenvalue weighted by Gasteiger charge is 2.12. The summed E-state index contributed by atoms with van der Waals surface area (Å²) in [7, 11) is 0. The molecule has 92 valence electrons. The highest BCUT2D eigenvalue weighted by Crippen LogP contribution is 1.92. The van der Waals surface area contributed by atoms with Crippen LogP contribution in [0.4, 0.5) is 4.79 Å². The number of rotatable bonds is 7. The van der Waals surface area contributed by atoms with Crippen LogP contribution in [0.25, 0.3) is 0 Å². The third kappa shape index (κ3) is 7.60. The first-order valence-corrected chi connectivity index (χ1v) is 4.99. The molecule has 0 saturated carbocycles. The molecule has 0 saturated heterocycles. The number of unbranched alkanes of at least 4 members (excludes halogenated alkanes) is 1. The second-order valence-electron chi connectivity index (χ2n) is 3.38.